The van der Waals surface area contributed by atoms with Gasteiger partial charge < -0.3 is 10.3 Å². The molecule has 2 nitrogen and oxygen atoms in total. The molecular formula is C21H24N2. The molecule has 0 radical (unpaired) electrons. The molecule has 118 valence electrons. The Morgan fingerprint density at radius 3 is 2.78 bits per heavy atom. The number of hydrogen-bond acceptors (Lipinski definition) is 1. The molecule has 2 N–H and O–H groups in total. The first-order chi connectivity index (χ1) is 11.2. The van der Waals surface area contributed by atoms with Crippen molar-refractivity contribution in [2.75, 3.05) is 0 Å². The molecule has 0 bridgehead atoms. The van der Waals surface area contributed by atoms with E-state index in [1.165, 1.54) is 52.5 Å². The molecule has 0 saturated heterocycles. The highest BCUT2D eigenvalue weighted by Crippen LogP contribution is 2.36. The van der Waals surface area contributed by atoms with Gasteiger partial charge in [0.2, 0.25) is 0 Å². The van der Waals surface area contributed by atoms with Gasteiger partial charge in [-0.3, -0.25) is 0 Å². The molecule has 2 unspecified atom stereocenters. The third-order valence-electron chi connectivity index (χ3n) is 5.11. The van der Waals surface area contributed by atoms with Gasteiger partial charge in [-0.2, -0.15) is 0 Å². The van der Waals surface area contributed by atoms with E-state index in [0.29, 0.717) is 12.1 Å². The molecular weight excluding hydrogens is 280 g/mol. The van der Waals surface area contributed by atoms with Crippen LogP contribution in [0.3, 0.4) is 0 Å². The first-order valence-electron chi connectivity index (χ1n) is 8.64. The van der Waals surface area contributed by atoms with E-state index in [0.717, 1.165) is 0 Å². The average Bonchev–Trinajstić information content (AvgIpc) is 2.95. The van der Waals surface area contributed by atoms with Gasteiger partial charge in [-0.05, 0) is 56.4 Å². The molecule has 1 aliphatic rings. The van der Waals surface area contributed by atoms with Gasteiger partial charge in [-0.15, -0.1) is 0 Å². The Labute approximate surface area is 137 Å². The highest BCUT2D eigenvalue weighted by molar-refractivity contribution is 5.85. The van der Waals surface area contributed by atoms with Crippen molar-refractivity contribution in [2.45, 2.75) is 45.2 Å². The number of aryl methyl sites for hydroxylation is 2. The fourth-order valence-electron chi connectivity index (χ4n) is 3.88. The van der Waals surface area contributed by atoms with Crippen molar-refractivity contribution >= 4 is 10.9 Å². The average molecular weight is 304 g/mol. The largest absolute Gasteiger partial charge is 0.357 e. The molecule has 0 saturated carbocycles. The predicted octanol–water partition coefficient (Wildman–Crippen LogP) is 5.20. The molecule has 4 rings (SSSR count). The Hall–Kier alpha value is -2.06. The van der Waals surface area contributed by atoms with Crippen molar-refractivity contribution in [1.82, 2.24) is 10.3 Å². The van der Waals surface area contributed by atoms with Gasteiger partial charge in [0.15, 0.2) is 0 Å². The van der Waals surface area contributed by atoms with Crippen molar-refractivity contribution in [3.8, 4) is 0 Å². The topological polar surface area (TPSA) is 27.8 Å². The van der Waals surface area contributed by atoms with Crippen LogP contribution in [0.2, 0.25) is 0 Å². The summed E-state index contributed by atoms with van der Waals surface area (Å²) in [7, 11) is 0. The smallest absolute Gasteiger partial charge is 0.0480 e. The minimum absolute atomic E-state index is 0.361. The number of fused-ring (bicyclic) bond motifs is 3. The number of benzene rings is 2. The summed E-state index contributed by atoms with van der Waals surface area (Å²) in [5, 5.41) is 5.25. The monoisotopic (exact) mass is 304 g/mol. The second-order valence-corrected chi connectivity index (χ2v) is 6.81. The number of rotatable bonds is 3. The van der Waals surface area contributed by atoms with Crippen LogP contribution in [0.5, 0.6) is 0 Å². The Kier molecular flexibility index (Phi) is 3.70. The lowest BCUT2D eigenvalue weighted by molar-refractivity contribution is 0.410. The summed E-state index contributed by atoms with van der Waals surface area (Å²) < 4.78 is 0. The summed E-state index contributed by atoms with van der Waals surface area (Å²) in [6, 6.07) is 18.2. The van der Waals surface area contributed by atoms with Gasteiger partial charge in [-0.1, -0.05) is 42.0 Å². The van der Waals surface area contributed by atoms with E-state index in [1.54, 1.807) is 0 Å². The maximum absolute atomic E-state index is 3.84. The van der Waals surface area contributed by atoms with E-state index in [1.807, 2.05) is 0 Å². The van der Waals surface area contributed by atoms with Gasteiger partial charge in [0.25, 0.3) is 0 Å². The lowest BCUT2D eigenvalue weighted by Gasteiger charge is -2.27. The van der Waals surface area contributed by atoms with Crippen LogP contribution in [0.25, 0.3) is 10.9 Å². The molecule has 1 aliphatic carbocycles. The molecule has 0 fully saturated rings. The van der Waals surface area contributed by atoms with E-state index in [-0.39, 0.29) is 0 Å². The minimum atomic E-state index is 0.361. The minimum Gasteiger partial charge on any atom is -0.357 e. The summed E-state index contributed by atoms with van der Waals surface area (Å²) in [5.74, 6) is 0. The van der Waals surface area contributed by atoms with Crippen LogP contribution in [0, 0.1) is 6.92 Å². The van der Waals surface area contributed by atoms with Crippen LogP contribution in [-0.2, 0) is 6.42 Å². The predicted molar refractivity (Wildman–Crippen MR) is 96.7 cm³/mol. The van der Waals surface area contributed by atoms with Crippen molar-refractivity contribution in [3.63, 3.8) is 0 Å². The highest BCUT2D eigenvalue weighted by Gasteiger charge is 2.25. The normalized spacial score (nSPS) is 18.8. The van der Waals surface area contributed by atoms with E-state index in [9.17, 15) is 0 Å². The summed E-state index contributed by atoms with van der Waals surface area (Å²) in [5.41, 5.74) is 6.90. The first kappa shape index (κ1) is 14.5. The lowest BCUT2D eigenvalue weighted by Crippen LogP contribution is -2.27. The molecule has 2 atom stereocenters. The van der Waals surface area contributed by atoms with Gasteiger partial charge in [0, 0.05) is 28.7 Å². The second-order valence-electron chi connectivity index (χ2n) is 6.81. The zero-order valence-electron chi connectivity index (χ0n) is 13.9. The van der Waals surface area contributed by atoms with Crippen molar-refractivity contribution in [3.05, 3.63) is 70.9 Å². The first-order valence-corrected chi connectivity index (χ1v) is 8.64. The SMILES string of the molecule is Cc1ccc2[nH]c3c(c2c1)CCCC3NC(C)c1ccccc1. The van der Waals surface area contributed by atoms with Crippen molar-refractivity contribution in [1.29, 1.82) is 0 Å². The molecule has 2 heteroatoms. The second kappa shape index (κ2) is 5.86. The molecule has 23 heavy (non-hydrogen) atoms. The maximum Gasteiger partial charge on any atom is 0.0480 e. The zero-order valence-corrected chi connectivity index (χ0v) is 13.9. The number of aromatic amines is 1. The molecule has 1 heterocycles. The third kappa shape index (κ3) is 2.68. The Balaban J connectivity index is 1.66. The van der Waals surface area contributed by atoms with Crippen LogP contribution in [-0.4, -0.2) is 4.98 Å². The summed E-state index contributed by atoms with van der Waals surface area (Å²) in [6.45, 7) is 4.44. The maximum atomic E-state index is 3.84. The van der Waals surface area contributed by atoms with Gasteiger partial charge in [-0.25, -0.2) is 0 Å². The molecule has 3 aromatic rings. The molecule has 2 aromatic carbocycles. The number of H-pyrrole nitrogens is 1. The Morgan fingerprint density at radius 2 is 1.96 bits per heavy atom. The number of nitrogens with one attached hydrogen (secondary N) is 2. The summed E-state index contributed by atoms with van der Waals surface area (Å²) >= 11 is 0. The molecule has 0 amide bonds. The van der Waals surface area contributed by atoms with E-state index < -0.39 is 0 Å². The van der Waals surface area contributed by atoms with E-state index in [4.69, 9.17) is 0 Å². The third-order valence-corrected chi connectivity index (χ3v) is 5.11. The van der Waals surface area contributed by atoms with Crippen LogP contribution in [0.1, 0.15) is 54.2 Å². The number of aromatic nitrogens is 1. The fourth-order valence-corrected chi connectivity index (χ4v) is 3.88. The summed E-state index contributed by atoms with van der Waals surface area (Å²) in [6.07, 6.45) is 3.65. The lowest BCUT2D eigenvalue weighted by atomic mass is 9.90. The van der Waals surface area contributed by atoms with E-state index in [2.05, 4.69) is 72.7 Å². The summed E-state index contributed by atoms with van der Waals surface area (Å²) in [4.78, 5) is 3.69. The van der Waals surface area contributed by atoms with Gasteiger partial charge in [0.1, 0.15) is 0 Å². The van der Waals surface area contributed by atoms with Crippen molar-refractivity contribution in [2.24, 2.45) is 0 Å². The van der Waals surface area contributed by atoms with Crippen molar-refractivity contribution < 1.29 is 0 Å². The Bertz CT molecular complexity index is 816. The van der Waals surface area contributed by atoms with Crippen LogP contribution < -0.4 is 5.32 Å². The zero-order chi connectivity index (χ0) is 15.8. The number of hydrogen-bond donors (Lipinski definition) is 2. The standard InChI is InChI=1S/C21H24N2/c1-14-11-12-19-18(13-14)17-9-6-10-20(21(17)23-19)22-15(2)16-7-4-3-5-8-16/h3-5,7-8,11-13,15,20,22-23H,6,9-10H2,1-2H3. The highest BCUT2D eigenvalue weighted by atomic mass is 15.0. The van der Waals surface area contributed by atoms with Gasteiger partial charge in [0.05, 0.1) is 0 Å². The van der Waals surface area contributed by atoms with Crippen LogP contribution in [0.4, 0.5) is 0 Å². The quantitative estimate of drug-likeness (QED) is 0.683. The van der Waals surface area contributed by atoms with E-state index >= 15 is 0 Å². The van der Waals surface area contributed by atoms with Crippen LogP contribution in [0.15, 0.2) is 48.5 Å². The van der Waals surface area contributed by atoms with Crippen LogP contribution >= 0.6 is 0 Å². The van der Waals surface area contributed by atoms with Gasteiger partial charge >= 0.3 is 0 Å². The fraction of sp³-hybridized carbons (Fsp3) is 0.333. The molecule has 1 aromatic heterocycles. The molecule has 0 aliphatic heterocycles. The Morgan fingerprint density at radius 1 is 1.13 bits per heavy atom. The molecule has 0 spiro atoms.